The van der Waals surface area contributed by atoms with Crippen LogP contribution in [0, 0.1) is 5.92 Å². The van der Waals surface area contributed by atoms with Crippen molar-refractivity contribution in [3.05, 3.63) is 10.6 Å². The quantitative estimate of drug-likeness (QED) is 0.599. The monoisotopic (exact) mass is 187 g/mol. The highest BCUT2D eigenvalue weighted by atomic mass is 79.9. The van der Waals surface area contributed by atoms with Gasteiger partial charge in [-0.15, -0.1) is 0 Å². The van der Waals surface area contributed by atoms with Crippen molar-refractivity contribution >= 4 is 21.6 Å². The Bertz CT molecular complexity index is 168. The Morgan fingerprint density at radius 3 is 2.56 bits per heavy atom. The van der Waals surface area contributed by atoms with Crippen LogP contribution in [0.1, 0.15) is 13.8 Å². The van der Waals surface area contributed by atoms with Crippen molar-refractivity contribution in [3.63, 3.8) is 0 Å². The lowest BCUT2D eigenvalue weighted by atomic mass is 10.1. The first-order valence-electron chi connectivity index (χ1n) is 3.10. The maximum Gasteiger partial charge on any atom is 0.0708 e. The molecule has 1 rings (SSSR count). The Labute approximate surface area is 64.0 Å². The van der Waals surface area contributed by atoms with E-state index in [0.29, 0.717) is 5.92 Å². The van der Waals surface area contributed by atoms with Gasteiger partial charge in [-0.3, -0.25) is 4.99 Å². The Kier molecular flexibility index (Phi) is 2.06. The predicted octanol–water partition coefficient (Wildman–Crippen LogP) is 2.38. The van der Waals surface area contributed by atoms with Crippen LogP contribution < -0.4 is 0 Å². The maximum atomic E-state index is 4.29. The van der Waals surface area contributed by atoms with Crippen molar-refractivity contribution in [1.29, 1.82) is 0 Å². The third kappa shape index (κ3) is 1.65. The molecule has 0 amide bonds. The van der Waals surface area contributed by atoms with Gasteiger partial charge < -0.3 is 0 Å². The van der Waals surface area contributed by atoms with Gasteiger partial charge in [0.1, 0.15) is 0 Å². The van der Waals surface area contributed by atoms with Crippen LogP contribution in [0.3, 0.4) is 0 Å². The standard InChI is InChI=1S/C7H10BrN/c1-5(2)7-3-6(8)4-9-7/h3,5H,4H2,1-2H3. The van der Waals surface area contributed by atoms with Crippen molar-refractivity contribution in [3.8, 4) is 0 Å². The zero-order chi connectivity index (χ0) is 6.85. The second kappa shape index (κ2) is 2.65. The number of hydrogen-bond donors (Lipinski definition) is 0. The zero-order valence-corrected chi connectivity index (χ0v) is 7.27. The van der Waals surface area contributed by atoms with Gasteiger partial charge in [0.2, 0.25) is 0 Å². The minimum Gasteiger partial charge on any atom is -0.284 e. The molecule has 0 N–H and O–H groups in total. The van der Waals surface area contributed by atoms with E-state index in [1.54, 1.807) is 0 Å². The van der Waals surface area contributed by atoms with E-state index in [0.717, 1.165) is 6.54 Å². The molecule has 0 saturated heterocycles. The van der Waals surface area contributed by atoms with Gasteiger partial charge in [0.25, 0.3) is 0 Å². The molecule has 0 saturated carbocycles. The number of hydrogen-bond acceptors (Lipinski definition) is 1. The molecule has 0 atom stereocenters. The highest BCUT2D eigenvalue weighted by Crippen LogP contribution is 2.15. The first-order chi connectivity index (χ1) is 4.20. The lowest BCUT2D eigenvalue weighted by molar-refractivity contribution is 0.887. The molecule has 1 aliphatic heterocycles. The second-order valence-electron chi connectivity index (χ2n) is 2.49. The van der Waals surface area contributed by atoms with Crippen molar-refractivity contribution in [1.82, 2.24) is 0 Å². The van der Waals surface area contributed by atoms with Crippen molar-refractivity contribution in [2.45, 2.75) is 13.8 Å². The fourth-order valence-corrected chi connectivity index (χ4v) is 1.13. The number of nitrogens with zero attached hydrogens (tertiary/aromatic N) is 1. The summed E-state index contributed by atoms with van der Waals surface area (Å²) >= 11 is 3.39. The lowest BCUT2D eigenvalue weighted by Crippen LogP contribution is -2.00. The molecule has 0 radical (unpaired) electrons. The molecule has 0 unspecified atom stereocenters. The van der Waals surface area contributed by atoms with Gasteiger partial charge in [0.15, 0.2) is 0 Å². The molecule has 9 heavy (non-hydrogen) atoms. The smallest absolute Gasteiger partial charge is 0.0708 e. The summed E-state index contributed by atoms with van der Waals surface area (Å²) in [4.78, 5) is 4.29. The third-order valence-corrected chi connectivity index (χ3v) is 1.79. The number of allylic oxidation sites excluding steroid dienone is 1. The van der Waals surface area contributed by atoms with Gasteiger partial charge in [0, 0.05) is 10.2 Å². The summed E-state index contributed by atoms with van der Waals surface area (Å²) in [6.45, 7) is 5.15. The van der Waals surface area contributed by atoms with E-state index >= 15 is 0 Å². The van der Waals surface area contributed by atoms with Gasteiger partial charge >= 0.3 is 0 Å². The maximum absolute atomic E-state index is 4.29. The van der Waals surface area contributed by atoms with Gasteiger partial charge in [-0.2, -0.15) is 0 Å². The molecule has 1 aliphatic rings. The first-order valence-corrected chi connectivity index (χ1v) is 3.90. The van der Waals surface area contributed by atoms with Crippen LogP contribution in [0.4, 0.5) is 0 Å². The minimum absolute atomic E-state index is 0.569. The fraction of sp³-hybridized carbons (Fsp3) is 0.571. The molecule has 2 heteroatoms. The van der Waals surface area contributed by atoms with Crippen LogP contribution >= 0.6 is 15.9 Å². The molecule has 1 heterocycles. The summed E-state index contributed by atoms with van der Waals surface area (Å²) in [5, 5.41) is 0. The van der Waals surface area contributed by atoms with E-state index in [1.165, 1.54) is 10.2 Å². The molecule has 0 aromatic rings. The highest BCUT2D eigenvalue weighted by molar-refractivity contribution is 9.11. The number of halogens is 1. The average Bonchev–Trinajstić information content (AvgIpc) is 2.14. The summed E-state index contributed by atoms with van der Waals surface area (Å²) in [7, 11) is 0. The van der Waals surface area contributed by atoms with Crippen molar-refractivity contribution < 1.29 is 0 Å². The van der Waals surface area contributed by atoms with Gasteiger partial charge in [0.05, 0.1) is 6.54 Å². The third-order valence-electron chi connectivity index (χ3n) is 1.31. The van der Waals surface area contributed by atoms with E-state index in [-0.39, 0.29) is 0 Å². The van der Waals surface area contributed by atoms with E-state index in [4.69, 9.17) is 0 Å². The molecule has 0 fully saturated rings. The summed E-state index contributed by atoms with van der Waals surface area (Å²) < 4.78 is 1.20. The SMILES string of the molecule is CC(C)C1=NCC(Br)=C1. The van der Waals surface area contributed by atoms with E-state index in [2.05, 4.69) is 40.8 Å². The topological polar surface area (TPSA) is 12.4 Å². The van der Waals surface area contributed by atoms with Crippen LogP contribution in [-0.4, -0.2) is 12.3 Å². The molecule has 1 nitrogen and oxygen atoms in total. The second-order valence-corrected chi connectivity index (χ2v) is 3.51. The van der Waals surface area contributed by atoms with Crippen LogP contribution in [0.5, 0.6) is 0 Å². The Morgan fingerprint density at radius 1 is 1.67 bits per heavy atom. The minimum atomic E-state index is 0.569. The average molecular weight is 188 g/mol. The van der Waals surface area contributed by atoms with Crippen LogP contribution in [0.25, 0.3) is 0 Å². The van der Waals surface area contributed by atoms with Gasteiger partial charge in [-0.25, -0.2) is 0 Å². The van der Waals surface area contributed by atoms with E-state index in [1.807, 2.05) is 0 Å². The molecule has 0 spiro atoms. The first kappa shape index (κ1) is 7.00. The van der Waals surface area contributed by atoms with Crippen molar-refractivity contribution in [2.24, 2.45) is 10.9 Å². The molecular weight excluding hydrogens is 178 g/mol. The summed E-state index contributed by atoms with van der Waals surface area (Å²) in [5.41, 5.74) is 1.21. The molecule has 0 bridgehead atoms. The summed E-state index contributed by atoms with van der Waals surface area (Å²) in [6, 6.07) is 0. The fourth-order valence-electron chi connectivity index (χ4n) is 0.768. The van der Waals surface area contributed by atoms with Crippen LogP contribution in [-0.2, 0) is 0 Å². The van der Waals surface area contributed by atoms with Crippen molar-refractivity contribution in [2.75, 3.05) is 6.54 Å². The van der Waals surface area contributed by atoms with E-state index < -0.39 is 0 Å². The molecule has 0 aliphatic carbocycles. The van der Waals surface area contributed by atoms with Gasteiger partial charge in [-0.05, 0) is 12.0 Å². The Morgan fingerprint density at radius 2 is 2.33 bits per heavy atom. The summed E-state index contributed by atoms with van der Waals surface area (Å²) in [5.74, 6) is 0.569. The highest BCUT2D eigenvalue weighted by Gasteiger charge is 2.07. The van der Waals surface area contributed by atoms with Crippen LogP contribution in [0.2, 0.25) is 0 Å². The Hall–Kier alpha value is -0.110. The van der Waals surface area contributed by atoms with Gasteiger partial charge in [-0.1, -0.05) is 29.8 Å². The normalized spacial score (nSPS) is 18.2. The molecular formula is C7H10BrN. The largest absolute Gasteiger partial charge is 0.284 e. The summed E-state index contributed by atoms with van der Waals surface area (Å²) in [6.07, 6.45) is 2.10. The zero-order valence-electron chi connectivity index (χ0n) is 5.69. The predicted molar refractivity (Wildman–Crippen MR) is 44.2 cm³/mol. The number of aliphatic imine (C=N–C) groups is 1. The number of rotatable bonds is 1. The van der Waals surface area contributed by atoms with E-state index in [9.17, 15) is 0 Å². The molecule has 0 aromatic heterocycles. The molecule has 0 aromatic carbocycles. The lowest BCUT2D eigenvalue weighted by Gasteiger charge is -1.98. The molecule has 50 valence electrons. The van der Waals surface area contributed by atoms with Crippen LogP contribution in [0.15, 0.2) is 15.6 Å². The Balaban J connectivity index is 2.64.